The zero-order valence-electron chi connectivity index (χ0n) is 17.0. The number of amides is 1. The molecule has 1 saturated heterocycles. The van der Waals surface area contributed by atoms with E-state index in [0.717, 1.165) is 44.0 Å². The van der Waals surface area contributed by atoms with Gasteiger partial charge in [0.25, 0.3) is 0 Å². The monoisotopic (exact) mass is 365 g/mol. The molecule has 1 amide bonds. The van der Waals surface area contributed by atoms with Gasteiger partial charge in [0.1, 0.15) is 0 Å². The molecule has 27 heavy (non-hydrogen) atoms. The summed E-state index contributed by atoms with van der Waals surface area (Å²) in [6.07, 6.45) is 0. The van der Waals surface area contributed by atoms with E-state index in [1.54, 1.807) is 0 Å². The van der Waals surface area contributed by atoms with E-state index in [1.807, 2.05) is 12.1 Å². The van der Waals surface area contributed by atoms with Crippen LogP contribution < -0.4 is 5.32 Å². The van der Waals surface area contributed by atoms with E-state index in [4.69, 9.17) is 0 Å². The molecule has 1 aliphatic heterocycles. The maximum Gasteiger partial charge on any atom is 0.238 e. The third-order valence-corrected chi connectivity index (χ3v) is 5.40. The normalized spacial score (nSPS) is 15.7. The number of carbonyl (C=O) groups excluding carboxylic acids is 1. The Bertz CT molecular complexity index is 787. The van der Waals surface area contributed by atoms with Crippen LogP contribution in [0.1, 0.15) is 27.8 Å². The summed E-state index contributed by atoms with van der Waals surface area (Å²) < 4.78 is 0. The highest BCUT2D eigenvalue weighted by atomic mass is 16.2. The number of rotatable bonds is 5. The molecule has 0 atom stereocenters. The van der Waals surface area contributed by atoms with Gasteiger partial charge in [-0.1, -0.05) is 41.5 Å². The van der Waals surface area contributed by atoms with E-state index in [0.29, 0.717) is 6.54 Å². The van der Waals surface area contributed by atoms with Gasteiger partial charge in [0, 0.05) is 38.4 Å². The first kappa shape index (κ1) is 19.6. The molecule has 4 heteroatoms. The van der Waals surface area contributed by atoms with Gasteiger partial charge in [0.15, 0.2) is 0 Å². The zero-order valence-corrected chi connectivity index (χ0v) is 17.0. The fraction of sp³-hybridized carbons (Fsp3) is 0.435. The van der Waals surface area contributed by atoms with Crippen molar-refractivity contribution in [2.75, 3.05) is 38.0 Å². The highest BCUT2D eigenvalue weighted by Crippen LogP contribution is 2.18. The first-order valence-corrected chi connectivity index (χ1v) is 9.78. The molecule has 0 saturated carbocycles. The molecule has 0 aliphatic carbocycles. The molecule has 2 aromatic carbocycles. The van der Waals surface area contributed by atoms with Crippen LogP contribution in [0, 0.1) is 27.7 Å². The van der Waals surface area contributed by atoms with E-state index in [2.05, 4.69) is 67.1 Å². The van der Waals surface area contributed by atoms with Gasteiger partial charge >= 0.3 is 0 Å². The van der Waals surface area contributed by atoms with Crippen LogP contribution >= 0.6 is 0 Å². The van der Waals surface area contributed by atoms with Crippen molar-refractivity contribution in [1.82, 2.24) is 9.80 Å². The fourth-order valence-corrected chi connectivity index (χ4v) is 3.80. The number of aryl methyl sites for hydroxylation is 3. The molecule has 1 fully saturated rings. The van der Waals surface area contributed by atoms with Crippen molar-refractivity contribution in [1.29, 1.82) is 0 Å². The number of nitrogens with zero attached hydrogens (tertiary/aromatic N) is 2. The lowest BCUT2D eigenvalue weighted by Gasteiger charge is -2.34. The van der Waals surface area contributed by atoms with Crippen molar-refractivity contribution in [3.63, 3.8) is 0 Å². The van der Waals surface area contributed by atoms with Crippen LogP contribution in [0.15, 0.2) is 36.4 Å². The van der Waals surface area contributed by atoms with Crippen molar-refractivity contribution < 1.29 is 4.79 Å². The van der Waals surface area contributed by atoms with E-state index in [-0.39, 0.29) is 5.91 Å². The smallest absolute Gasteiger partial charge is 0.238 e. The average molecular weight is 366 g/mol. The molecule has 1 N–H and O–H groups in total. The largest absolute Gasteiger partial charge is 0.325 e. The van der Waals surface area contributed by atoms with Gasteiger partial charge in [-0.25, -0.2) is 0 Å². The van der Waals surface area contributed by atoms with Crippen LogP contribution in [-0.4, -0.2) is 48.4 Å². The van der Waals surface area contributed by atoms with E-state index in [1.165, 1.54) is 22.3 Å². The van der Waals surface area contributed by atoms with Crippen LogP contribution in [0.5, 0.6) is 0 Å². The molecule has 0 radical (unpaired) electrons. The Morgan fingerprint density at radius 2 is 1.56 bits per heavy atom. The Morgan fingerprint density at radius 3 is 2.22 bits per heavy atom. The lowest BCUT2D eigenvalue weighted by molar-refractivity contribution is -0.117. The number of carbonyl (C=O) groups is 1. The summed E-state index contributed by atoms with van der Waals surface area (Å²) in [5.74, 6) is 0.0754. The first-order valence-electron chi connectivity index (χ1n) is 9.78. The highest BCUT2D eigenvalue weighted by molar-refractivity contribution is 5.93. The summed E-state index contributed by atoms with van der Waals surface area (Å²) in [4.78, 5) is 17.2. The summed E-state index contributed by atoms with van der Waals surface area (Å²) in [5.41, 5.74) is 7.30. The standard InChI is InChI=1S/C23H31N3O/c1-17-12-18(2)14-21(13-17)15-25-8-10-26(11-9-25)16-23(27)24-22-7-5-6-19(3)20(22)4/h5-7,12-14H,8-11,15-16H2,1-4H3,(H,24,27). The molecular formula is C23H31N3O. The number of anilines is 1. The van der Waals surface area contributed by atoms with Crippen LogP contribution in [0.25, 0.3) is 0 Å². The third-order valence-electron chi connectivity index (χ3n) is 5.40. The molecule has 0 bridgehead atoms. The van der Waals surface area contributed by atoms with E-state index in [9.17, 15) is 4.79 Å². The third kappa shape index (κ3) is 5.41. The minimum Gasteiger partial charge on any atom is -0.325 e. The van der Waals surface area contributed by atoms with Crippen molar-refractivity contribution in [3.05, 3.63) is 64.2 Å². The molecule has 0 aromatic heterocycles. The maximum absolute atomic E-state index is 12.4. The number of benzene rings is 2. The molecule has 2 aromatic rings. The van der Waals surface area contributed by atoms with Crippen LogP contribution in [0.2, 0.25) is 0 Å². The highest BCUT2D eigenvalue weighted by Gasteiger charge is 2.19. The van der Waals surface area contributed by atoms with Crippen molar-refractivity contribution in [2.24, 2.45) is 0 Å². The number of hydrogen-bond acceptors (Lipinski definition) is 3. The summed E-state index contributed by atoms with van der Waals surface area (Å²) >= 11 is 0. The van der Waals surface area contributed by atoms with Crippen LogP contribution in [0.4, 0.5) is 5.69 Å². The number of piperazine rings is 1. The number of nitrogens with one attached hydrogen (secondary N) is 1. The quantitative estimate of drug-likeness (QED) is 0.878. The Labute approximate surface area is 163 Å². The van der Waals surface area contributed by atoms with Gasteiger partial charge in [-0.05, 0) is 50.5 Å². The number of hydrogen-bond donors (Lipinski definition) is 1. The second-order valence-electron chi connectivity index (χ2n) is 7.84. The SMILES string of the molecule is Cc1cc(C)cc(CN2CCN(CC(=O)Nc3cccc(C)c3C)CC2)c1. The van der Waals surface area contributed by atoms with Gasteiger partial charge in [-0.2, -0.15) is 0 Å². The van der Waals surface area contributed by atoms with Crippen molar-refractivity contribution in [2.45, 2.75) is 34.2 Å². The second-order valence-corrected chi connectivity index (χ2v) is 7.84. The van der Waals surface area contributed by atoms with Gasteiger partial charge in [-0.3, -0.25) is 14.6 Å². The molecule has 144 valence electrons. The minimum atomic E-state index is 0.0754. The molecule has 1 aliphatic rings. The van der Waals surface area contributed by atoms with E-state index >= 15 is 0 Å². The fourth-order valence-electron chi connectivity index (χ4n) is 3.80. The van der Waals surface area contributed by atoms with E-state index < -0.39 is 0 Å². The van der Waals surface area contributed by atoms with Gasteiger partial charge in [-0.15, -0.1) is 0 Å². The predicted octanol–water partition coefficient (Wildman–Crippen LogP) is 3.68. The lowest BCUT2D eigenvalue weighted by atomic mass is 10.1. The molecule has 1 heterocycles. The summed E-state index contributed by atoms with van der Waals surface area (Å²) in [7, 11) is 0. The molecule has 3 rings (SSSR count). The predicted molar refractivity (Wildman–Crippen MR) is 112 cm³/mol. The average Bonchev–Trinajstić information content (AvgIpc) is 2.60. The first-order chi connectivity index (χ1) is 12.9. The minimum absolute atomic E-state index is 0.0754. The maximum atomic E-state index is 12.4. The van der Waals surface area contributed by atoms with Crippen LogP contribution in [-0.2, 0) is 11.3 Å². The molecule has 0 unspecified atom stereocenters. The van der Waals surface area contributed by atoms with Gasteiger partial charge < -0.3 is 5.32 Å². The molecular weight excluding hydrogens is 334 g/mol. The van der Waals surface area contributed by atoms with Crippen LogP contribution in [0.3, 0.4) is 0 Å². The zero-order chi connectivity index (χ0) is 19.4. The topological polar surface area (TPSA) is 35.6 Å². The van der Waals surface area contributed by atoms with Crippen molar-refractivity contribution in [3.8, 4) is 0 Å². The van der Waals surface area contributed by atoms with Gasteiger partial charge in [0.2, 0.25) is 5.91 Å². The molecule has 0 spiro atoms. The Hall–Kier alpha value is -2.17. The lowest BCUT2D eigenvalue weighted by Crippen LogP contribution is -2.48. The summed E-state index contributed by atoms with van der Waals surface area (Å²) in [6.45, 7) is 13.8. The summed E-state index contributed by atoms with van der Waals surface area (Å²) in [5, 5.41) is 3.07. The molecule has 4 nitrogen and oxygen atoms in total. The second kappa shape index (κ2) is 8.68. The summed E-state index contributed by atoms with van der Waals surface area (Å²) in [6, 6.07) is 12.8. The van der Waals surface area contributed by atoms with Crippen molar-refractivity contribution >= 4 is 11.6 Å². The Kier molecular flexibility index (Phi) is 6.30. The Balaban J connectivity index is 1.47. The Morgan fingerprint density at radius 1 is 0.926 bits per heavy atom. The van der Waals surface area contributed by atoms with Gasteiger partial charge in [0.05, 0.1) is 6.54 Å².